The van der Waals surface area contributed by atoms with Crippen LogP contribution in [-0.2, 0) is 0 Å². The van der Waals surface area contributed by atoms with Crippen LogP contribution in [0, 0.1) is 13.8 Å². The molecule has 7 nitrogen and oxygen atoms in total. The fourth-order valence-electron chi connectivity index (χ4n) is 2.67. The largest absolute Gasteiger partial charge is 0.420 e. The molecule has 26 heavy (non-hydrogen) atoms. The summed E-state index contributed by atoms with van der Waals surface area (Å²) in [5.74, 6) is 0.862. The summed E-state index contributed by atoms with van der Waals surface area (Å²) in [6.45, 7) is 6.46. The van der Waals surface area contributed by atoms with Crippen molar-refractivity contribution in [1.29, 1.82) is 0 Å². The molecule has 2 heterocycles. The molecule has 3 rings (SSSR count). The average molecular weight is 418 g/mol. The zero-order chi connectivity index (χ0) is 18.8. The van der Waals surface area contributed by atoms with Gasteiger partial charge in [-0.3, -0.25) is 4.79 Å². The van der Waals surface area contributed by atoms with Crippen LogP contribution in [0.3, 0.4) is 0 Å². The number of nitrogens with zero attached hydrogens (tertiary/aromatic N) is 5. The van der Waals surface area contributed by atoms with E-state index in [1.807, 2.05) is 45.2 Å². The summed E-state index contributed by atoms with van der Waals surface area (Å²) in [5.41, 5.74) is 2.99. The molecule has 0 N–H and O–H groups in total. The standard InChI is InChI=1S/C18H20BrN5O2/c1-5-10-23(4)18(25)13-6-8-14(9-7-13)24-11(2)15(19)16(22-24)17-21-20-12(3)26-17/h6-9H,5,10H2,1-4H3. The third-order valence-corrected chi connectivity index (χ3v) is 4.99. The zero-order valence-corrected chi connectivity index (χ0v) is 16.7. The van der Waals surface area contributed by atoms with Gasteiger partial charge in [0.05, 0.1) is 15.9 Å². The second kappa shape index (κ2) is 7.41. The van der Waals surface area contributed by atoms with Crippen LogP contribution in [0.2, 0.25) is 0 Å². The van der Waals surface area contributed by atoms with E-state index in [2.05, 4.69) is 31.2 Å². The molecule has 0 aliphatic carbocycles. The molecular formula is C18H20BrN5O2. The number of benzene rings is 1. The third-order valence-electron chi connectivity index (χ3n) is 4.04. The summed E-state index contributed by atoms with van der Waals surface area (Å²) in [4.78, 5) is 14.1. The summed E-state index contributed by atoms with van der Waals surface area (Å²) in [6.07, 6.45) is 0.929. The minimum Gasteiger partial charge on any atom is -0.420 e. The predicted octanol–water partition coefficient (Wildman–Crippen LogP) is 3.78. The monoisotopic (exact) mass is 417 g/mol. The molecule has 1 aromatic carbocycles. The molecule has 0 bridgehead atoms. The Hall–Kier alpha value is -2.48. The number of rotatable bonds is 5. The van der Waals surface area contributed by atoms with Gasteiger partial charge in [-0.25, -0.2) is 4.68 Å². The molecule has 0 fully saturated rings. The van der Waals surface area contributed by atoms with E-state index >= 15 is 0 Å². The zero-order valence-electron chi connectivity index (χ0n) is 15.2. The normalized spacial score (nSPS) is 11.0. The van der Waals surface area contributed by atoms with E-state index in [0.717, 1.165) is 28.8 Å². The summed E-state index contributed by atoms with van der Waals surface area (Å²) in [5, 5.41) is 12.5. The summed E-state index contributed by atoms with van der Waals surface area (Å²) < 4.78 is 8.05. The van der Waals surface area contributed by atoms with Crippen LogP contribution in [0.4, 0.5) is 0 Å². The van der Waals surface area contributed by atoms with Gasteiger partial charge < -0.3 is 9.32 Å². The van der Waals surface area contributed by atoms with Gasteiger partial charge in [-0.05, 0) is 53.5 Å². The fourth-order valence-corrected chi connectivity index (χ4v) is 3.08. The van der Waals surface area contributed by atoms with Crippen molar-refractivity contribution in [3.8, 4) is 17.3 Å². The topological polar surface area (TPSA) is 77.1 Å². The van der Waals surface area contributed by atoms with Gasteiger partial charge in [0.1, 0.15) is 0 Å². The molecule has 0 aliphatic heterocycles. The van der Waals surface area contributed by atoms with Gasteiger partial charge in [-0.1, -0.05) is 6.92 Å². The van der Waals surface area contributed by atoms with E-state index in [9.17, 15) is 4.79 Å². The van der Waals surface area contributed by atoms with Gasteiger partial charge in [0, 0.05) is 26.1 Å². The van der Waals surface area contributed by atoms with Crippen LogP contribution in [0.15, 0.2) is 33.2 Å². The molecule has 2 aromatic heterocycles. The maximum Gasteiger partial charge on any atom is 0.269 e. The van der Waals surface area contributed by atoms with E-state index < -0.39 is 0 Å². The second-order valence-corrected chi connectivity index (χ2v) is 6.85. The van der Waals surface area contributed by atoms with Crippen molar-refractivity contribution >= 4 is 21.8 Å². The first-order valence-corrected chi connectivity index (χ1v) is 9.13. The molecule has 8 heteroatoms. The van der Waals surface area contributed by atoms with E-state index in [-0.39, 0.29) is 5.91 Å². The van der Waals surface area contributed by atoms with Crippen molar-refractivity contribution < 1.29 is 9.21 Å². The second-order valence-electron chi connectivity index (χ2n) is 6.06. The number of halogens is 1. The third kappa shape index (κ3) is 3.41. The van der Waals surface area contributed by atoms with Crippen molar-refractivity contribution in [3.05, 3.63) is 45.9 Å². The summed E-state index contributed by atoms with van der Waals surface area (Å²) in [7, 11) is 1.81. The first-order valence-electron chi connectivity index (χ1n) is 8.33. The lowest BCUT2D eigenvalue weighted by Crippen LogP contribution is -2.27. The molecular weight excluding hydrogens is 398 g/mol. The Morgan fingerprint density at radius 2 is 1.92 bits per heavy atom. The Kier molecular flexibility index (Phi) is 5.22. The Morgan fingerprint density at radius 1 is 1.23 bits per heavy atom. The predicted molar refractivity (Wildman–Crippen MR) is 101 cm³/mol. The Bertz CT molecular complexity index is 930. The van der Waals surface area contributed by atoms with Gasteiger partial charge in [-0.2, -0.15) is 5.10 Å². The highest BCUT2D eigenvalue weighted by atomic mass is 79.9. The number of aryl methyl sites for hydroxylation is 1. The number of carbonyl (C=O) groups is 1. The number of carbonyl (C=O) groups excluding carboxylic acids is 1. The number of amides is 1. The fraction of sp³-hybridized carbons (Fsp3) is 0.333. The lowest BCUT2D eigenvalue weighted by Gasteiger charge is -2.16. The van der Waals surface area contributed by atoms with Crippen molar-refractivity contribution in [1.82, 2.24) is 24.9 Å². The van der Waals surface area contributed by atoms with Crippen LogP contribution >= 0.6 is 15.9 Å². The SMILES string of the molecule is CCCN(C)C(=O)c1ccc(-n2nc(-c3nnc(C)o3)c(Br)c2C)cc1. The minimum absolute atomic E-state index is 0.0128. The number of aromatic nitrogens is 4. The molecule has 3 aromatic rings. The van der Waals surface area contributed by atoms with Crippen LogP contribution in [0.5, 0.6) is 0 Å². The van der Waals surface area contributed by atoms with Crippen molar-refractivity contribution in [2.45, 2.75) is 27.2 Å². The Morgan fingerprint density at radius 3 is 2.50 bits per heavy atom. The average Bonchev–Trinajstić information content (AvgIpc) is 3.19. The van der Waals surface area contributed by atoms with E-state index in [0.29, 0.717) is 23.0 Å². The maximum absolute atomic E-state index is 12.4. The van der Waals surface area contributed by atoms with E-state index in [1.54, 1.807) is 16.5 Å². The van der Waals surface area contributed by atoms with Gasteiger partial charge >= 0.3 is 0 Å². The van der Waals surface area contributed by atoms with E-state index in [4.69, 9.17) is 4.42 Å². The summed E-state index contributed by atoms with van der Waals surface area (Å²) >= 11 is 3.55. The number of hydrogen-bond acceptors (Lipinski definition) is 5. The molecule has 0 saturated heterocycles. The smallest absolute Gasteiger partial charge is 0.269 e. The number of hydrogen-bond donors (Lipinski definition) is 0. The van der Waals surface area contributed by atoms with Gasteiger partial charge in [0.25, 0.3) is 11.8 Å². The van der Waals surface area contributed by atoms with Gasteiger partial charge in [0.2, 0.25) is 5.89 Å². The molecule has 0 saturated carbocycles. The lowest BCUT2D eigenvalue weighted by atomic mass is 10.2. The Balaban J connectivity index is 1.91. The Labute approximate surface area is 160 Å². The quantitative estimate of drug-likeness (QED) is 0.630. The van der Waals surface area contributed by atoms with Gasteiger partial charge in [0.15, 0.2) is 5.69 Å². The van der Waals surface area contributed by atoms with Crippen molar-refractivity contribution in [2.75, 3.05) is 13.6 Å². The molecule has 0 unspecified atom stereocenters. The van der Waals surface area contributed by atoms with Crippen molar-refractivity contribution in [3.63, 3.8) is 0 Å². The highest BCUT2D eigenvalue weighted by Gasteiger charge is 2.20. The molecule has 0 atom stereocenters. The molecule has 136 valence electrons. The highest BCUT2D eigenvalue weighted by Crippen LogP contribution is 2.30. The lowest BCUT2D eigenvalue weighted by molar-refractivity contribution is 0.0795. The first-order chi connectivity index (χ1) is 12.4. The molecule has 0 aliphatic rings. The molecule has 0 spiro atoms. The van der Waals surface area contributed by atoms with Crippen molar-refractivity contribution in [2.24, 2.45) is 0 Å². The summed E-state index contributed by atoms with van der Waals surface area (Å²) in [6, 6.07) is 7.38. The first kappa shape index (κ1) is 18.3. The van der Waals surface area contributed by atoms with E-state index in [1.165, 1.54) is 0 Å². The highest BCUT2D eigenvalue weighted by molar-refractivity contribution is 9.10. The van der Waals surface area contributed by atoms with Crippen LogP contribution < -0.4 is 0 Å². The minimum atomic E-state index is 0.0128. The van der Waals surface area contributed by atoms with Gasteiger partial charge in [-0.15, -0.1) is 10.2 Å². The van der Waals surface area contributed by atoms with Crippen LogP contribution in [0.1, 0.15) is 35.3 Å². The van der Waals surface area contributed by atoms with Crippen LogP contribution in [-0.4, -0.2) is 44.4 Å². The molecule has 1 amide bonds. The van der Waals surface area contributed by atoms with Crippen LogP contribution in [0.25, 0.3) is 17.3 Å². The maximum atomic E-state index is 12.4. The molecule has 0 radical (unpaired) electrons.